The Kier molecular flexibility index (Phi) is 4.39. The first-order valence-electron chi connectivity index (χ1n) is 5.73. The third-order valence-electron chi connectivity index (χ3n) is 2.40. The standard InChI is InChI=1S/C14H13ClO2S/c1-2-7-17-12-6-5-10(9-11(12)15)14(16)13-4-3-8-18-13/h3-6,8-9H,2,7H2,1H3. The molecular formula is C14H13ClO2S. The third kappa shape index (κ3) is 2.92. The average Bonchev–Trinajstić information content (AvgIpc) is 2.90. The van der Waals surface area contributed by atoms with E-state index in [0.717, 1.165) is 6.42 Å². The second-order valence-electron chi connectivity index (χ2n) is 3.80. The molecule has 1 heterocycles. The van der Waals surface area contributed by atoms with Crippen LogP contribution in [0.4, 0.5) is 0 Å². The zero-order valence-electron chi connectivity index (χ0n) is 9.98. The zero-order chi connectivity index (χ0) is 13.0. The molecule has 4 heteroatoms. The molecule has 18 heavy (non-hydrogen) atoms. The number of rotatable bonds is 5. The van der Waals surface area contributed by atoms with Gasteiger partial charge in [-0.15, -0.1) is 11.3 Å². The van der Waals surface area contributed by atoms with Crippen molar-refractivity contribution in [3.8, 4) is 5.75 Å². The van der Waals surface area contributed by atoms with Gasteiger partial charge in [0.2, 0.25) is 5.78 Å². The summed E-state index contributed by atoms with van der Waals surface area (Å²) in [6.45, 7) is 2.65. The molecule has 0 fully saturated rings. The van der Waals surface area contributed by atoms with Crippen LogP contribution in [0.2, 0.25) is 5.02 Å². The van der Waals surface area contributed by atoms with Gasteiger partial charge in [-0.05, 0) is 36.1 Å². The summed E-state index contributed by atoms with van der Waals surface area (Å²) in [5.41, 5.74) is 0.589. The Balaban J connectivity index is 2.21. The Morgan fingerprint density at radius 2 is 2.22 bits per heavy atom. The largest absolute Gasteiger partial charge is 0.492 e. The van der Waals surface area contributed by atoms with Crippen molar-refractivity contribution in [2.75, 3.05) is 6.61 Å². The molecule has 0 unspecified atom stereocenters. The van der Waals surface area contributed by atoms with E-state index in [2.05, 4.69) is 0 Å². The zero-order valence-corrected chi connectivity index (χ0v) is 11.6. The molecule has 1 aromatic carbocycles. The normalized spacial score (nSPS) is 10.3. The summed E-state index contributed by atoms with van der Waals surface area (Å²) >= 11 is 7.52. The van der Waals surface area contributed by atoms with Crippen molar-refractivity contribution in [2.45, 2.75) is 13.3 Å². The number of hydrogen-bond acceptors (Lipinski definition) is 3. The van der Waals surface area contributed by atoms with Crippen LogP contribution in [0.25, 0.3) is 0 Å². The average molecular weight is 281 g/mol. The van der Waals surface area contributed by atoms with Crippen LogP contribution in [0.15, 0.2) is 35.7 Å². The highest BCUT2D eigenvalue weighted by atomic mass is 35.5. The maximum atomic E-state index is 12.1. The lowest BCUT2D eigenvalue weighted by atomic mass is 10.1. The fraction of sp³-hybridized carbons (Fsp3) is 0.214. The Labute approximate surface area is 115 Å². The molecule has 2 nitrogen and oxygen atoms in total. The fourth-order valence-corrected chi connectivity index (χ4v) is 2.44. The van der Waals surface area contributed by atoms with Gasteiger partial charge in [-0.25, -0.2) is 0 Å². The summed E-state index contributed by atoms with van der Waals surface area (Å²) in [5, 5.41) is 2.36. The molecule has 0 saturated carbocycles. The van der Waals surface area contributed by atoms with Gasteiger partial charge >= 0.3 is 0 Å². The monoisotopic (exact) mass is 280 g/mol. The van der Waals surface area contributed by atoms with E-state index in [0.29, 0.717) is 27.8 Å². The van der Waals surface area contributed by atoms with Gasteiger partial charge < -0.3 is 4.74 Å². The quantitative estimate of drug-likeness (QED) is 0.758. The molecule has 0 bridgehead atoms. The number of hydrogen-bond donors (Lipinski definition) is 0. The van der Waals surface area contributed by atoms with E-state index in [-0.39, 0.29) is 5.78 Å². The van der Waals surface area contributed by atoms with Gasteiger partial charge in [0.25, 0.3) is 0 Å². The Bertz CT molecular complexity index is 535. The van der Waals surface area contributed by atoms with Gasteiger partial charge in [0.05, 0.1) is 16.5 Å². The maximum absolute atomic E-state index is 12.1. The van der Waals surface area contributed by atoms with Gasteiger partial charge in [-0.3, -0.25) is 4.79 Å². The molecule has 0 aliphatic carbocycles. The van der Waals surface area contributed by atoms with Crippen LogP contribution in [0.3, 0.4) is 0 Å². The van der Waals surface area contributed by atoms with Gasteiger partial charge in [0.15, 0.2) is 0 Å². The van der Waals surface area contributed by atoms with Crippen LogP contribution in [-0.2, 0) is 0 Å². The molecule has 0 spiro atoms. The van der Waals surface area contributed by atoms with Gasteiger partial charge in [0.1, 0.15) is 5.75 Å². The number of benzene rings is 1. The molecule has 0 saturated heterocycles. The van der Waals surface area contributed by atoms with E-state index in [4.69, 9.17) is 16.3 Å². The smallest absolute Gasteiger partial charge is 0.202 e. The second-order valence-corrected chi connectivity index (χ2v) is 5.15. The highest BCUT2D eigenvalue weighted by molar-refractivity contribution is 7.12. The molecule has 0 aliphatic rings. The van der Waals surface area contributed by atoms with Crippen LogP contribution >= 0.6 is 22.9 Å². The van der Waals surface area contributed by atoms with Crippen molar-refractivity contribution in [3.05, 3.63) is 51.2 Å². The molecule has 0 amide bonds. The molecule has 0 aliphatic heterocycles. The Morgan fingerprint density at radius 1 is 1.39 bits per heavy atom. The second kappa shape index (κ2) is 6.03. The van der Waals surface area contributed by atoms with E-state index in [1.807, 2.05) is 24.4 Å². The van der Waals surface area contributed by atoms with E-state index >= 15 is 0 Å². The summed E-state index contributed by atoms with van der Waals surface area (Å²) in [4.78, 5) is 12.8. The topological polar surface area (TPSA) is 26.3 Å². The minimum atomic E-state index is -0.00561. The number of halogens is 1. The van der Waals surface area contributed by atoms with Crippen LogP contribution in [0, 0.1) is 0 Å². The summed E-state index contributed by atoms with van der Waals surface area (Å²) < 4.78 is 5.47. The molecule has 0 atom stereocenters. The minimum Gasteiger partial charge on any atom is -0.492 e. The van der Waals surface area contributed by atoms with Crippen molar-refractivity contribution in [1.29, 1.82) is 0 Å². The predicted molar refractivity (Wildman–Crippen MR) is 75.0 cm³/mol. The van der Waals surface area contributed by atoms with E-state index in [1.54, 1.807) is 18.2 Å². The molecule has 0 radical (unpaired) electrons. The number of carbonyl (C=O) groups excluding carboxylic acids is 1. The first-order valence-corrected chi connectivity index (χ1v) is 6.98. The molecule has 1 aromatic heterocycles. The summed E-state index contributed by atoms with van der Waals surface area (Å²) in [6.07, 6.45) is 0.923. The number of ketones is 1. The van der Waals surface area contributed by atoms with Gasteiger partial charge in [0, 0.05) is 5.56 Å². The minimum absolute atomic E-state index is 0.00561. The lowest BCUT2D eigenvalue weighted by Gasteiger charge is -2.07. The first-order chi connectivity index (χ1) is 8.72. The Hall–Kier alpha value is -1.32. The maximum Gasteiger partial charge on any atom is 0.202 e. The van der Waals surface area contributed by atoms with Gasteiger partial charge in [-0.2, -0.15) is 0 Å². The van der Waals surface area contributed by atoms with Crippen LogP contribution in [-0.4, -0.2) is 12.4 Å². The van der Waals surface area contributed by atoms with E-state index in [1.165, 1.54) is 11.3 Å². The molecular weight excluding hydrogens is 268 g/mol. The third-order valence-corrected chi connectivity index (χ3v) is 3.56. The van der Waals surface area contributed by atoms with Crippen molar-refractivity contribution >= 4 is 28.7 Å². The highest BCUT2D eigenvalue weighted by Crippen LogP contribution is 2.27. The molecule has 2 rings (SSSR count). The van der Waals surface area contributed by atoms with Crippen molar-refractivity contribution < 1.29 is 9.53 Å². The van der Waals surface area contributed by atoms with Crippen LogP contribution in [0.1, 0.15) is 28.6 Å². The lowest BCUT2D eigenvalue weighted by molar-refractivity contribution is 0.104. The molecule has 2 aromatic rings. The molecule has 94 valence electrons. The summed E-state index contributed by atoms with van der Waals surface area (Å²) in [6, 6.07) is 8.83. The van der Waals surface area contributed by atoms with E-state index in [9.17, 15) is 4.79 Å². The van der Waals surface area contributed by atoms with Gasteiger partial charge in [-0.1, -0.05) is 24.6 Å². The number of carbonyl (C=O) groups is 1. The van der Waals surface area contributed by atoms with E-state index < -0.39 is 0 Å². The highest BCUT2D eigenvalue weighted by Gasteiger charge is 2.12. The summed E-state index contributed by atoms with van der Waals surface area (Å²) in [5.74, 6) is 0.621. The first kappa shape index (κ1) is 13.1. The number of ether oxygens (including phenoxy) is 1. The lowest BCUT2D eigenvalue weighted by Crippen LogP contribution is -2.00. The molecule has 0 N–H and O–H groups in total. The SMILES string of the molecule is CCCOc1ccc(C(=O)c2cccs2)cc1Cl. The predicted octanol–water partition coefficient (Wildman–Crippen LogP) is 4.42. The van der Waals surface area contributed by atoms with Crippen molar-refractivity contribution in [1.82, 2.24) is 0 Å². The summed E-state index contributed by atoms with van der Waals surface area (Å²) in [7, 11) is 0. The van der Waals surface area contributed by atoms with Crippen LogP contribution in [0.5, 0.6) is 5.75 Å². The van der Waals surface area contributed by atoms with Crippen molar-refractivity contribution in [3.63, 3.8) is 0 Å². The Morgan fingerprint density at radius 3 is 2.83 bits per heavy atom. The van der Waals surface area contributed by atoms with Crippen LogP contribution < -0.4 is 4.74 Å². The number of thiophene rings is 1. The van der Waals surface area contributed by atoms with Crippen molar-refractivity contribution in [2.24, 2.45) is 0 Å². The fourth-order valence-electron chi connectivity index (χ4n) is 1.52.